The molecule has 1 aliphatic heterocycles. The number of benzene rings is 2. The van der Waals surface area contributed by atoms with E-state index in [1.54, 1.807) is 29.2 Å². The molecule has 3 rings (SSSR count). The number of nitrogens with zero attached hydrogens (tertiary/aromatic N) is 1. The Morgan fingerprint density at radius 1 is 0.875 bits per heavy atom. The monoisotopic (exact) mass is 437 g/mol. The number of piperidine rings is 1. The van der Waals surface area contributed by atoms with Gasteiger partial charge >= 0.3 is 12.1 Å². The molecular weight excluding hydrogens is 406 g/mol. The van der Waals surface area contributed by atoms with Gasteiger partial charge in [-0.15, -0.1) is 0 Å². The average Bonchev–Trinajstić information content (AvgIpc) is 2.76. The van der Waals surface area contributed by atoms with Crippen molar-refractivity contribution >= 4 is 35.0 Å². The lowest BCUT2D eigenvalue weighted by Crippen LogP contribution is -2.47. The van der Waals surface area contributed by atoms with Crippen LogP contribution < -0.4 is 21.3 Å². The van der Waals surface area contributed by atoms with Gasteiger partial charge in [0.25, 0.3) is 0 Å². The fourth-order valence-electron chi connectivity index (χ4n) is 3.55. The lowest BCUT2D eigenvalue weighted by molar-refractivity contribution is -0.126. The third kappa shape index (κ3) is 6.73. The van der Waals surface area contributed by atoms with Gasteiger partial charge < -0.3 is 26.2 Å². The number of hydrogen-bond acceptors (Lipinski definition) is 3. The Hall–Kier alpha value is -3.55. The molecule has 1 atom stereocenters. The summed E-state index contributed by atoms with van der Waals surface area (Å²) in [6.45, 7) is 6.86. The number of rotatable bonds is 5. The molecule has 4 N–H and O–H groups in total. The topological polar surface area (TPSA) is 103 Å². The summed E-state index contributed by atoms with van der Waals surface area (Å²) >= 11 is 0. The first-order valence-electron chi connectivity index (χ1n) is 10.9. The van der Waals surface area contributed by atoms with Gasteiger partial charge in [0.2, 0.25) is 5.91 Å². The van der Waals surface area contributed by atoms with Gasteiger partial charge in [-0.2, -0.15) is 0 Å². The van der Waals surface area contributed by atoms with Gasteiger partial charge in [0.1, 0.15) is 0 Å². The van der Waals surface area contributed by atoms with Gasteiger partial charge in [-0.1, -0.05) is 17.7 Å². The second-order valence-corrected chi connectivity index (χ2v) is 8.40. The highest BCUT2D eigenvalue weighted by molar-refractivity contribution is 6.00. The second kappa shape index (κ2) is 10.7. The van der Waals surface area contributed by atoms with Gasteiger partial charge in [0, 0.05) is 36.2 Å². The fourth-order valence-corrected chi connectivity index (χ4v) is 3.55. The summed E-state index contributed by atoms with van der Waals surface area (Å²) < 4.78 is 0. The number of urea groups is 2. The van der Waals surface area contributed by atoms with E-state index >= 15 is 0 Å². The van der Waals surface area contributed by atoms with Crippen molar-refractivity contribution in [2.75, 3.05) is 29.0 Å². The number of carbonyl (C=O) groups excluding carboxylic acids is 3. The minimum Gasteiger partial charge on any atom is -0.354 e. The van der Waals surface area contributed by atoms with Crippen molar-refractivity contribution in [2.24, 2.45) is 5.92 Å². The summed E-state index contributed by atoms with van der Waals surface area (Å²) in [4.78, 5) is 38.8. The van der Waals surface area contributed by atoms with Gasteiger partial charge in [0.15, 0.2) is 0 Å². The van der Waals surface area contributed by atoms with Crippen LogP contribution in [-0.4, -0.2) is 42.0 Å². The maximum atomic E-state index is 12.7. The molecule has 1 saturated heterocycles. The molecule has 0 spiro atoms. The van der Waals surface area contributed by atoms with E-state index in [4.69, 9.17) is 0 Å². The van der Waals surface area contributed by atoms with Gasteiger partial charge in [-0.3, -0.25) is 4.79 Å². The van der Waals surface area contributed by atoms with Crippen LogP contribution in [0.5, 0.6) is 0 Å². The molecule has 5 amide bonds. The zero-order valence-electron chi connectivity index (χ0n) is 18.8. The normalized spacial score (nSPS) is 15.8. The Bertz CT molecular complexity index is 941. The minimum atomic E-state index is -0.343. The highest BCUT2D eigenvalue weighted by Gasteiger charge is 2.28. The van der Waals surface area contributed by atoms with Crippen LogP contribution >= 0.6 is 0 Å². The summed E-state index contributed by atoms with van der Waals surface area (Å²) in [5, 5.41) is 11.3. The van der Waals surface area contributed by atoms with E-state index in [1.807, 2.05) is 45.0 Å². The Morgan fingerprint density at radius 2 is 1.41 bits per heavy atom. The summed E-state index contributed by atoms with van der Waals surface area (Å²) in [6, 6.07) is 13.9. The standard InChI is InChI=1S/C24H31N5O3/c1-16(2)25-22(30)18-5-4-14-29(15-18)24(32)28-21-12-10-20(11-13-21)27-23(31)26-19-8-6-17(3)7-9-19/h6-13,16,18H,4-5,14-15H2,1-3H3,(H,25,30)(H,28,32)(H2,26,27,31)/t18-/m0/s1. The molecule has 0 bridgehead atoms. The number of anilines is 3. The Morgan fingerprint density at radius 3 is 1.97 bits per heavy atom. The molecule has 2 aromatic carbocycles. The molecule has 0 saturated carbocycles. The van der Waals surface area contributed by atoms with Crippen molar-refractivity contribution < 1.29 is 14.4 Å². The van der Waals surface area contributed by atoms with Crippen LogP contribution in [0.3, 0.4) is 0 Å². The third-order valence-corrected chi connectivity index (χ3v) is 5.21. The van der Waals surface area contributed by atoms with Crippen molar-refractivity contribution in [3.8, 4) is 0 Å². The molecule has 2 aromatic rings. The molecule has 1 fully saturated rings. The molecule has 0 unspecified atom stereocenters. The van der Waals surface area contributed by atoms with E-state index in [0.717, 1.165) is 18.4 Å². The van der Waals surface area contributed by atoms with Crippen molar-refractivity contribution in [1.82, 2.24) is 10.2 Å². The smallest absolute Gasteiger partial charge is 0.323 e. The Labute approximate surface area is 188 Å². The molecule has 8 heteroatoms. The van der Waals surface area contributed by atoms with E-state index in [1.165, 1.54) is 0 Å². The molecule has 8 nitrogen and oxygen atoms in total. The molecule has 0 radical (unpaired) electrons. The largest absolute Gasteiger partial charge is 0.354 e. The number of hydrogen-bond donors (Lipinski definition) is 4. The predicted octanol–water partition coefficient (Wildman–Crippen LogP) is 4.41. The molecule has 32 heavy (non-hydrogen) atoms. The second-order valence-electron chi connectivity index (χ2n) is 8.40. The van der Waals surface area contributed by atoms with Crippen LogP contribution in [0.25, 0.3) is 0 Å². The van der Waals surface area contributed by atoms with E-state index in [-0.39, 0.29) is 29.9 Å². The first-order valence-corrected chi connectivity index (χ1v) is 10.9. The first-order chi connectivity index (χ1) is 15.3. The molecule has 170 valence electrons. The van der Waals surface area contributed by atoms with Gasteiger partial charge in [0.05, 0.1) is 5.92 Å². The zero-order chi connectivity index (χ0) is 23.1. The van der Waals surface area contributed by atoms with E-state index in [9.17, 15) is 14.4 Å². The van der Waals surface area contributed by atoms with Gasteiger partial charge in [-0.25, -0.2) is 9.59 Å². The number of carbonyl (C=O) groups is 3. The molecule has 0 aliphatic carbocycles. The molecule has 1 aliphatic rings. The zero-order valence-corrected chi connectivity index (χ0v) is 18.8. The van der Waals surface area contributed by atoms with E-state index in [2.05, 4.69) is 21.3 Å². The summed E-state index contributed by atoms with van der Waals surface area (Å²) in [5.41, 5.74) is 3.05. The quantitative estimate of drug-likeness (QED) is 0.557. The SMILES string of the molecule is Cc1ccc(NC(=O)Nc2ccc(NC(=O)N3CCC[C@H](C(=O)NC(C)C)C3)cc2)cc1. The van der Waals surface area contributed by atoms with Gasteiger partial charge in [-0.05, 0) is 70.0 Å². The maximum Gasteiger partial charge on any atom is 0.323 e. The van der Waals surface area contributed by atoms with E-state index < -0.39 is 0 Å². The van der Waals surface area contributed by atoms with E-state index in [0.29, 0.717) is 30.2 Å². The molecular formula is C24H31N5O3. The Kier molecular flexibility index (Phi) is 7.70. The van der Waals surface area contributed by atoms with Crippen LogP contribution in [0.2, 0.25) is 0 Å². The summed E-state index contributed by atoms with van der Waals surface area (Å²) in [5.74, 6) is -0.188. The van der Waals surface area contributed by atoms with Crippen molar-refractivity contribution in [3.05, 3.63) is 54.1 Å². The lowest BCUT2D eigenvalue weighted by atomic mass is 9.97. The van der Waals surface area contributed by atoms with Crippen LogP contribution in [0.1, 0.15) is 32.3 Å². The first kappa shape index (κ1) is 23.1. The summed E-state index contributed by atoms with van der Waals surface area (Å²) in [6.07, 6.45) is 1.58. The fraction of sp³-hybridized carbons (Fsp3) is 0.375. The highest BCUT2D eigenvalue weighted by atomic mass is 16.2. The Balaban J connectivity index is 1.50. The van der Waals surface area contributed by atoms with Crippen molar-refractivity contribution in [2.45, 2.75) is 39.7 Å². The minimum absolute atomic E-state index is 0.00292. The van der Waals surface area contributed by atoms with Crippen LogP contribution in [-0.2, 0) is 4.79 Å². The number of amides is 5. The number of likely N-dealkylation sites (tertiary alicyclic amines) is 1. The summed E-state index contributed by atoms with van der Waals surface area (Å²) in [7, 11) is 0. The number of nitrogens with one attached hydrogen (secondary N) is 4. The average molecular weight is 438 g/mol. The highest BCUT2D eigenvalue weighted by Crippen LogP contribution is 2.19. The van der Waals surface area contributed by atoms with Crippen molar-refractivity contribution in [1.29, 1.82) is 0 Å². The maximum absolute atomic E-state index is 12.7. The van der Waals surface area contributed by atoms with Crippen LogP contribution in [0, 0.1) is 12.8 Å². The van der Waals surface area contributed by atoms with Crippen molar-refractivity contribution in [3.63, 3.8) is 0 Å². The lowest BCUT2D eigenvalue weighted by Gasteiger charge is -2.32. The van der Waals surface area contributed by atoms with Crippen LogP contribution in [0.4, 0.5) is 26.7 Å². The number of aryl methyl sites for hydroxylation is 1. The molecule has 0 aromatic heterocycles. The third-order valence-electron chi connectivity index (χ3n) is 5.21. The van der Waals surface area contributed by atoms with Crippen LogP contribution in [0.15, 0.2) is 48.5 Å². The predicted molar refractivity (Wildman–Crippen MR) is 127 cm³/mol. The molecule has 1 heterocycles.